The van der Waals surface area contributed by atoms with Crippen LogP contribution in [0, 0.1) is 17.8 Å². The Morgan fingerprint density at radius 1 is 1.06 bits per heavy atom. The van der Waals surface area contributed by atoms with Gasteiger partial charge >= 0.3 is 0 Å². The zero-order chi connectivity index (χ0) is 21.4. The average molecular weight is 420 g/mol. The molecule has 5 rings (SSSR count). The van der Waals surface area contributed by atoms with Crippen molar-refractivity contribution in [1.82, 2.24) is 20.3 Å². The van der Waals surface area contributed by atoms with E-state index in [9.17, 15) is 4.79 Å². The van der Waals surface area contributed by atoms with E-state index in [1.807, 2.05) is 30.7 Å². The first-order valence-corrected chi connectivity index (χ1v) is 11.9. The number of aromatic nitrogens is 3. The van der Waals surface area contributed by atoms with Crippen LogP contribution >= 0.6 is 0 Å². The maximum Gasteiger partial charge on any atom is 0.225 e. The van der Waals surface area contributed by atoms with Gasteiger partial charge in [-0.15, -0.1) is 0 Å². The fourth-order valence-electron chi connectivity index (χ4n) is 5.63. The van der Waals surface area contributed by atoms with E-state index in [2.05, 4.69) is 29.0 Å². The summed E-state index contributed by atoms with van der Waals surface area (Å²) in [5, 5.41) is 3.36. The summed E-state index contributed by atoms with van der Waals surface area (Å²) in [5.41, 5.74) is 3.25. The third-order valence-corrected chi connectivity index (χ3v) is 7.43. The van der Waals surface area contributed by atoms with E-state index in [4.69, 9.17) is 9.97 Å². The van der Waals surface area contributed by atoms with E-state index >= 15 is 0 Å². The SMILES string of the molecule is CC(C)c1nc(N2CCC(NC(=O)C3[C@H]4CCCC[C@@H]34)CC2)ncc1-c1ccncc1. The molecule has 6 heteroatoms. The minimum atomic E-state index is 0.284. The lowest BCUT2D eigenvalue weighted by molar-refractivity contribution is -0.123. The van der Waals surface area contributed by atoms with Gasteiger partial charge in [0.05, 0.1) is 5.69 Å². The van der Waals surface area contributed by atoms with Gasteiger partial charge < -0.3 is 10.2 Å². The molecular formula is C25H33N5O. The van der Waals surface area contributed by atoms with Crippen molar-refractivity contribution < 1.29 is 4.79 Å². The Morgan fingerprint density at radius 2 is 1.74 bits per heavy atom. The predicted octanol–water partition coefficient (Wildman–Crippen LogP) is 4.18. The Morgan fingerprint density at radius 3 is 2.39 bits per heavy atom. The molecule has 1 unspecified atom stereocenters. The van der Waals surface area contributed by atoms with Crippen molar-refractivity contribution in [3.05, 3.63) is 36.4 Å². The third-order valence-electron chi connectivity index (χ3n) is 7.43. The molecule has 0 aromatic carbocycles. The highest BCUT2D eigenvalue weighted by Crippen LogP contribution is 2.55. The predicted molar refractivity (Wildman–Crippen MR) is 122 cm³/mol. The Balaban J connectivity index is 1.21. The molecule has 3 heterocycles. The molecule has 2 aliphatic carbocycles. The second-order valence-electron chi connectivity index (χ2n) is 9.77. The molecule has 2 aromatic heterocycles. The summed E-state index contributed by atoms with van der Waals surface area (Å²) in [6.45, 7) is 6.12. The lowest BCUT2D eigenvalue weighted by Gasteiger charge is -2.33. The van der Waals surface area contributed by atoms with Gasteiger partial charge in [-0.2, -0.15) is 0 Å². The smallest absolute Gasteiger partial charge is 0.225 e. The van der Waals surface area contributed by atoms with Crippen molar-refractivity contribution in [2.24, 2.45) is 17.8 Å². The molecule has 3 fully saturated rings. The molecule has 2 saturated carbocycles. The standard InChI is InChI=1S/C25H33N5O/c1-16(2)23-21(17-7-11-26-12-8-17)15-27-25(29-23)30-13-9-18(10-14-30)28-24(31)22-19-5-3-4-6-20(19)22/h7-8,11-12,15-16,18-20,22H,3-6,9-10,13-14H2,1-2H3,(H,28,31)/t19-,20+,22?. The van der Waals surface area contributed by atoms with Crippen LogP contribution in [0.25, 0.3) is 11.1 Å². The third kappa shape index (κ3) is 4.17. The summed E-state index contributed by atoms with van der Waals surface area (Å²) in [4.78, 5) is 28.8. The Bertz CT molecular complexity index is 911. The second-order valence-corrected chi connectivity index (χ2v) is 9.77. The van der Waals surface area contributed by atoms with E-state index in [0.29, 0.717) is 29.6 Å². The molecule has 3 atom stereocenters. The summed E-state index contributed by atoms with van der Waals surface area (Å²) in [5.74, 6) is 3.09. The molecule has 1 amide bonds. The van der Waals surface area contributed by atoms with E-state index in [-0.39, 0.29) is 6.04 Å². The highest BCUT2D eigenvalue weighted by atomic mass is 16.2. The summed E-state index contributed by atoms with van der Waals surface area (Å²) in [7, 11) is 0. The molecule has 0 bridgehead atoms. The van der Waals surface area contributed by atoms with Crippen molar-refractivity contribution in [1.29, 1.82) is 0 Å². The number of hydrogen-bond donors (Lipinski definition) is 1. The molecule has 1 saturated heterocycles. The number of amides is 1. The van der Waals surface area contributed by atoms with Crippen molar-refractivity contribution in [2.45, 2.75) is 64.3 Å². The number of piperidine rings is 1. The Kier molecular flexibility index (Phi) is 5.63. The minimum Gasteiger partial charge on any atom is -0.353 e. The second kappa shape index (κ2) is 8.56. The number of carbonyl (C=O) groups is 1. The van der Waals surface area contributed by atoms with E-state index in [1.54, 1.807) is 0 Å². The van der Waals surface area contributed by atoms with Crippen LogP contribution in [-0.2, 0) is 4.79 Å². The number of nitrogens with one attached hydrogen (secondary N) is 1. The molecule has 1 N–H and O–H groups in total. The van der Waals surface area contributed by atoms with Crippen LogP contribution in [0.4, 0.5) is 5.95 Å². The molecule has 6 nitrogen and oxygen atoms in total. The van der Waals surface area contributed by atoms with Crippen molar-refractivity contribution in [2.75, 3.05) is 18.0 Å². The maximum atomic E-state index is 12.7. The topological polar surface area (TPSA) is 71.0 Å². The van der Waals surface area contributed by atoms with Crippen molar-refractivity contribution in [3.63, 3.8) is 0 Å². The van der Waals surface area contributed by atoms with Gasteiger partial charge in [-0.1, -0.05) is 26.7 Å². The fourth-order valence-corrected chi connectivity index (χ4v) is 5.63. The fraction of sp³-hybridized carbons (Fsp3) is 0.600. The van der Waals surface area contributed by atoms with E-state index < -0.39 is 0 Å². The highest BCUT2D eigenvalue weighted by molar-refractivity contribution is 5.82. The molecule has 3 aliphatic rings. The number of fused-ring (bicyclic) bond motifs is 1. The first kappa shape index (κ1) is 20.4. The molecule has 2 aromatic rings. The molecule has 1 aliphatic heterocycles. The number of anilines is 1. The lowest BCUT2D eigenvalue weighted by Crippen LogP contribution is -2.45. The van der Waals surface area contributed by atoms with Gasteiger partial charge in [0, 0.05) is 49.2 Å². The number of rotatable bonds is 5. The zero-order valence-electron chi connectivity index (χ0n) is 18.6. The van der Waals surface area contributed by atoms with Crippen LogP contribution in [-0.4, -0.2) is 40.0 Å². The molecular weight excluding hydrogens is 386 g/mol. The first-order valence-electron chi connectivity index (χ1n) is 11.9. The summed E-state index contributed by atoms with van der Waals surface area (Å²) >= 11 is 0. The lowest BCUT2D eigenvalue weighted by atomic mass is 10.00. The molecule has 0 spiro atoms. The van der Waals surface area contributed by atoms with Gasteiger partial charge in [0.25, 0.3) is 0 Å². The summed E-state index contributed by atoms with van der Waals surface area (Å²) < 4.78 is 0. The largest absolute Gasteiger partial charge is 0.353 e. The van der Waals surface area contributed by atoms with Crippen molar-refractivity contribution in [3.8, 4) is 11.1 Å². The average Bonchev–Trinajstić information content (AvgIpc) is 3.54. The van der Waals surface area contributed by atoms with Gasteiger partial charge in [0.15, 0.2) is 0 Å². The number of pyridine rings is 1. The number of hydrogen-bond acceptors (Lipinski definition) is 5. The molecule has 31 heavy (non-hydrogen) atoms. The quantitative estimate of drug-likeness (QED) is 0.787. The van der Waals surface area contributed by atoms with Gasteiger partial charge in [0.1, 0.15) is 0 Å². The van der Waals surface area contributed by atoms with Crippen molar-refractivity contribution >= 4 is 11.9 Å². The number of nitrogens with zero attached hydrogens (tertiary/aromatic N) is 4. The van der Waals surface area contributed by atoms with Gasteiger partial charge in [-0.25, -0.2) is 9.97 Å². The highest BCUT2D eigenvalue weighted by Gasteiger charge is 2.54. The zero-order valence-corrected chi connectivity index (χ0v) is 18.6. The van der Waals surface area contributed by atoms with Crippen LogP contribution in [0.15, 0.2) is 30.7 Å². The van der Waals surface area contributed by atoms with Gasteiger partial charge in [-0.05, 0) is 61.1 Å². The number of carbonyl (C=O) groups excluding carboxylic acids is 1. The van der Waals surface area contributed by atoms with Gasteiger partial charge in [0.2, 0.25) is 11.9 Å². The van der Waals surface area contributed by atoms with Gasteiger partial charge in [-0.3, -0.25) is 9.78 Å². The monoisotopic (exact) mass is 419 g/mol. The summed E-state index contributed by atoms with van der Waals surface area (Å²) in [6.07, 6.45) is 12.6. The van der Waals surface area contributed by atoms with Crippen LogP contribution in [0.2, 0.25) is 0 Å². The van der Waals surface area contributed by atoms with E-state index in [0.717, 1.165) is 48.7 Å². The summed E-state index contributed by atoms with van der Waals surface area (Å²) in [6, 6.07) is 4.30. The Labute approximate surface area is 184 Å². The van der Waals surface area contributed by atoms with Crippen LogP contribution < -0.4 is 10.2 Å². The van der Waals surface area contributed by atoms with Crippen LogP contribution in [0.5, 0.6) is 0 Å². The Hall–Kier alpha value is -2.50. The maximum absolute atomic E-state index is 12.7. The molecule has 164 valence electrons. The molecule has 0 radical (unpaired) electrons. The normalized spacial score (nSPS) is 25.9. The van der Waals surface area contributed by atoms with Crippen LogP contribution in [0.3, 0.4) is 0 Å². The van der Waals surface area contributed by atoms with E-state index in [1.165, 1.54) is 25.7 Å². The van der Waals surface area contributed by atoms with Crippen LogP contribution in [0.1, 0.15) is 64.0 Å². The minimum absolute atomic E-state index is 0.284. The first-order chi connectivity index (χ1) is 15.1.